The Labute approximate surface area is 168 Å². The van der Waals surface area contributed by atoms with Crippen molar-refractivity contribution in [2.24, 2.45) is 0 Å². The van der Waals surface area contributed by atoms with E-state index in [1.54, 1.807) is 11.3 Å². The zero-order valence-electron chi connectivity index (χ0n) is 15.9. The lowest BCUT2D eigenvalue weighted by atomic mass is 9.91. The van der Waals surface area contributed by atoms with Gasteiger partial charge in [-0.05, 0) is 25.1 Å². The fourth-order valence-electron chi connectivity index (χ4n) is 3.21. The van der Waals surface area contributed by atoms with E-state index in [0.717, 1.165) is 16.1 Å². The van der Waals surface area contributed by atoms with Gasteiger partial charge in [0.1, 0.15) is 5.01 Å². The Morgan fingerprint density at radius 2 is 1.64 bits per heavy atom. The van der Waals surface area contributed by atoms with Crippen LogP contribution >= 0.6 is 11.3 Å². The minimum atomic E-state index is -0.0541. The van der Waals surface area contributed by atoms with Crippen molar-refractivity contribution < 1.29 is 4.52 Å². The fourth-order valence-corrected chi connectivity index (χ4v) is 3.97. The Morgan fingerprint density at radius 3 is 2.21 bits per heavy atom. The Kier molecular flexibility index (Phi) is 5.60. The SMILES string of the molecule is C[C@H](c1nccs1)N(C)Cc1nc(C(c2ccccc2)c2ccccc2)no1. The van der Waals surface area contributed by atoms with Crippen molar-refractivity contribution >= 4 is 11.3 Å². The average molecular weight is 391 g/mol. The largest absolute Gasteiger partial charge is 0.338 e. The van der Waals surface area contributed by atoms with Crippen LogP contribution in [-0.4, -0.2) is 27.1 Å². The van der Waals surface area contributed by atoms with E-state index in [0.29, 0.717) is 18.3 Å². The first-order chi connectivity index (χ1) is 13.7. The van der Waals surface area contributed by atoms with Gasteiger partial charge in [-0.3, -0.25) is 4.90 Å². The molecule has 0 aliphatic heterocycles. The van der Waals surface area contributed by atoms with Gasteiger partial charge in [0.2, 0.25) is 5.89 Å². The summed E-state index contributed by atoms with van der Waals surface area (Å²) in [4.78, 5) is 11.3. The van der Waals surface area contributed by atoms with Crippen molar-refractivity contribution in [3.05, 3.63) is 100 Å². The van der Waals surface area contributed by atoms with Gasteiger partial charge in [-0.1, -0.05) is 65.8 Å². The molecule has 0 radical (unpaired) electrons. The number of rotatable bonds is 7. The predicted octanol–water partition coefficient (Wildman–Crippen LogP) is 4.90. The highest BCUT2D eigenvalue weighted by atomic mass is 32.1. The summed E-state index contributed by atoms with van der Waals surface area (Å²) >= 11 is 1.66. The van der Waals surface area contributed by atoms with E-state index in [9.17, 15) is 0 Å². The number of hydrogen-bond acceptors (Lipinski definition) is 6. The quantitative estimate of drug-likeness (QED) is 0.449. The highest BCUT2D eigenvalue weighted by molar-refractivity contribution is 7.09. The van der Waals surface area contributed by atoms with Gasteiger partial charge in [0.05, 0.1) is 18.5 Å². The number of hydrogen-bond donors (Lipinski definition) is 0. The average Bonchev–Trinajstić information content (AvgIpc) is 3.42. The van der Waals surface area contributed by atoms with Crippen molar-refractivity contribution in [3.8, 4) is 0 Å². The van der Waals surface area contributed by atoms with E-state index >= 15 is 0 Å². The molecule has 6 heteroatoms. The zero-order valence-corrected chi connectivity index (χ0v) is 16.7. The van der Waals surface area contributed by atoms with Gasteiger partial charge in [-0.15, -0.1) is 11.3 Å². The van der Waals surface area contributed by atoms with Crippen molar-refractivity contribution in [2.45, 2.75) is 25.4 Å². The lowest BCUT2D eigenvalue weighted by Gasteiger charge is -2.20. The van der Waals surface area contributed by atoms with Gasteiger partial charge in [0.15, 0.2) is 5.82 Å². The summed E-state index contributed by atoms with van der Waals surface area (Å²) in [6.45, 7) is 2.71. The van der Waals surface area contributed by atoms with Gasteiger partial charge < -0.3 is 4.52 Å². The molecule has 2 aromatic heterocycles. The third-order valence-corrected chi connectivity index (χ3v) is 5.81. The van der Waals surface area contributed by atoms with Crippen LogP contribution in [-0.2, 0) is 6.54 Å². The maximum atomic E-state index is 5.61. The normalized spacial score (nSPS) is 12.6. The molecule has 4 aromatic rings. The summed E-state index contributed by atoms with van der Waals surface area (Å²) in [6.07, 6.45) is 1.83. The highest BCUT2D eigenvalue weighted by Gasteiger charge is 2.23. The van der Waals surface area contributed by atoms with Crippen molar-refractivity contribution in [3.63, 3.8) is 0 Å². The molecule has 5 nitrogen and oxygen atoms in total. The van der Waals surface area contributed by atoms with Gasteiger partial charge in [0, 0.05) is 11.6 Å². The number of nitrogens with zero attached hydrogens (tertiary/aromatic N) is 4. The second-order valence-corrected chi connectivity index (χ2v) is 7.69. The summed E-state index contributed by atoms with van der Waals surface area (Å²) in [7, 11) is 2.04. The third-order valence-electron chi connectivity index (χ3n) is 4.86. The van der Waals surface area contributed by atoms with Crippen molar-refractivity contribution in [1.29, 1.82) is 0 Å². The first kappa shape index (κ1) is 18.5. The summed E-state index contributed by atoms with van der Waals surface area (Å²) in [5.74, 6) is 1.24. The van der Waals surface area contributed by atoms with E-state index in [-0.39, 0.29) is 12.0 Å². The second-order valence-electron chi connectivity index (χ2n) is 6.76. The molecule has 0 amide bonds. The van der Waals surface area contributed by atoms with Gasteiger partial charge in [0.25, 0.3) is 0 Å². The molecule has 0 saturated carbocycles. The van der Waals surface area contributed by atoms with Crippen LogP contribution in [0.2, 0.25) is 0 Å². The van der Waals surface area contributed by atoms with Crippen LogP contribution in [0.25, 0.3) is 0 Å². The minimum Gasteiger partial charge on any atom is -0.338 e. The predicted molar refractivity (Wildman–Crippen MR) is 110 cm³/mol. The van der Waals surface area contributed by atoms with Crippen molar-refractivity contribution in [1.82, 2.24) is 20.0 Å². The molecule has 2 aromatic carbocycles. The minimum absolute atomic E-state index is 0.0541. The molecule has 0 fully saturated rings. The maximum Gasteiger partial charge on any atom is 0.240 e. The zero-order chi connectivity index (χ0) is 19.3. The second kappa shape index (κ2) is 8.46. The van der Waals surface area contributed by atoms with E-state index < -0.39 is 0 Å². The first-order valence-corrected chi connectivity index (χ1v) is 10.1. The Morgan fingerprint density at radius 1 is 1.00 bits per heavy atom. The summed E-state index contributed by atoms with van der Waals surface area (Å²) in [5, 5.41) is 7.39. The first-order valence-electron chi connectivity index (χ1n) is 9.24. The Hall–Kier alpha value is -2.83. The molecule has 0 aliphatic carbocycles. The lowest BCUT2D eigenvalue weighted by Crippen LogP contribution is -2.22. The molecule has 0 aliphatic rings. The Balaban J connectivity index is 1.58. The van der Waals surface area contributed by atoms with Gasteiger partial charge in [-0.25, -0.2) is 4.98 Å². The molecule has 142 valence electrons. The van der Waals surface area contributed by atoms with Crippen LogP contribution < -0.4 is 0 Å². The topological polar surface area (TPSA) is 55.1 Å². The van der Waals surface area contributed by atoms with Crippen LogP contribution in [0.3, 0.4) is 0 Å². The molecule has 1 atom stereocenters. The van der Waals surface area contributed by atoms with Crippen LogP contribution in [0.1, 0.15) is 46.7 Å². The van der Waals surface area contributed by atoms with Crippen LogP contribution in [0.5, 0.6) is 0 Å². The molecule has 2 heterocycles. The summed E-state index contributed by atoms with van der Waals surface area (Å²) < 4.78 is 5.61. The molecule has 4 rings (SSSR count). The highest BCUT2D eigenvalue weighted by Crippen LogP contribution is 2.30. The fraction of sp³-hybridized carbons (Fsp3) is 0.227. The summed E-state index contributed by atoms with van der Waals surface area (Å²) in [5.41, 5.74) is 2.29. The number of benzene rings is 2. The van der Waals surface area contributed by atoms with E-state index in [2.05, 4.69) is 46.2 Å². The molecule has 0 N–H and O–H groups in total. The lowest BCUT2D eigenvalue weighted by molar-refractivity contribution is 0.216. The van der Waals surface area contributed by atoms with Gasteiger partial charge >= 0.3 is 0 Å². The molecule has 0 spiro atoms. The standard InChI is InChI=1S/C22H22N4OS/c1-16(22-23-13-14-28-22)26(2)15-19-24-21(25-27-19)20(17-9-5-3-6-10-17)18-11-7-4-8-12-18/h3-14,16,20H,15H2,1-2H3/t16-/m1/s1. The molecule has 0 bridgehead atoms. The third kappa shape index (κ3) is 4.03. The van der Waals surface area contributed by atoms with Crippen LogP contribution in [0, 0.1) is 0 Å². The number of thiazole rings is 1. The van der Waals surface area contributed by atoms with E-state index in [4.69, 9.17) is 9.51 Å². The molecule has 0 saturated heterocycles. The molecular formula is C22H22N4OS. The monoisotopic (exact) mass is 390 g/mol. The maximum absolute atomic E-state index is 5.61. The number of aromatic nitrogens is 3. The van der Waals surface area contributed by atoms with Crippen LogP contribution in [0.4, 0.5) is 0 Å². The van der Waals surface area contributed by atoms with E-state index in [1.165, 1.54) is 0 Å². The smallest absolute Gasteiger partial charge is 0.240 e. The molecular weight excluding hydrogens is 368 g/mol. The van der Waals surface area contributed by atoms with Crippen LogP contribution in [0.15, 0.2) is 76.8 Å². The van der Waals surface area contributed by atoms with E-state index in [1.807, 2.05) is 55.0 Å². The molecule has 28 heavy (non-hydrogen) atoms. The molecule has 0 unspecified atom stereocenters. The summed E-state index contributed by atoms with van der Waals surface area (Å²) in [6, 6.07) is 20.8. The van der Waals surface area contributed by atoms with Crippen molar-refractivity contribution in [2.75, 3.05) is 7.05 Å². The Bertz CT molecular complexity index is 946. The van der Waals surface area contributed by atoms with Gasteiger partial charge in [-0.2, -0.15) is 4.98 Å².